The van der Waals surface area contributed by atoms with Crippen molar-refractivity contribution in [1.82, 2.24) is 4.90 Å². The summed E-state index contributed by atoms with van der Waals surface area (Å²) in [4.78, 5) is 14.1. The van der Waals surface area contributed by atoms with Gasteiger partial charge < -0.3 is 10.6 Å². The molecule has 3 heteroatoms. The Bertz CT molecular complexity index is 446. The molecular formula is C15H22N2O. The van der Waals surface area contributed by atoms with Gasteiger partial charge in [0.15, 0.2) is 0 Å². The highest BCUT2D eigenvalue weighted by Crippen LogP contribution is 2.17. The summed E-state index contributed by atoms with van der Waals surface area (Å²) in [6, 6.07) is 6.36. The maximum absolute atomic E-state index is 12.2. The van der Waals surface area contributed by atoms with Crippen molar-refractivity contribution in [3.05, 3.63) is 34.9 Å². The SMILES string of the molecule is Cc1ccc(CC(=O)N2CC(C)C(N)C2)cc1C. The number of aryl methyl sites for hydroxylation is 2. The average Bonchev–Trinajstić information content (AvgIpc) is 2.65. The second-order valence-electron chi connectivity index (χ2n) is 5.54. The summed E-state index contributed by atoms with van der Waals surface area (Å²) in [5.74, 6) is 0.603. The van der Waals surface area contributed by atoms with E-state index in [0.717, 1.165) is 12.1 Å². The number of carbonyl (C=O) groups is 1. The number of likely N-dealkylation sites (tertiary alicyclic amines) is 1. The maximum Gasteiger partial charge on any atom is 0.227 e. The van der Waals surface area contributed by atoms with Gasteiger partial charge in [0, 0.05) is 19.1 Å². The largest absolute Gasteiger partial charge is 0.341 e. The van der Waals surface area contributed by atoms with Gasteiger partial charge in [0.05, 0.1) is 6.42 Å². The quantitative estimate of drug-likeness (QED) is 0.862. The highest BCUT2D eigenvalue weighted by atomic mass is 16.2. The highest BCUT2D eigenvalue weighted by molar-refractivity contribution is 5.79. The lowest BCUT2D eigenvalue weighted by Gasteiger charge is -2.16. The molecule has 1 amide bonds. The van der Waals surface area contributed by atoms with E-state index in [-0.39, 0.29) is 11.9 Å². The Morgan fingerprint density at radius 3 is 2.61 bits per heavy atom. The van der Waals surface area contributed by atoms with Crippen LogP contribution in [0.3, 0.4) is 0 Å². The fourth-order valence-corrected chi connectivity index (χ4v) is 2.40. The molecule has 1 saturated heterocycles. The van der Waals surface area contributed by atoms with Crippen molar-refractivity contribution in [2.24, 2.45) is 11.7 Å². The molecular weight excluding hydrogens is 224 g/mol. The molecule has 2 atom stereocenters. The normalized spacial score (nSPS) is 23.4. The Labute approximate surface area is 109 Å². The van der Waals surface area contributed by atoms with Crippen molar-refractivity contribution in [2.75, 3.05) is 13.1 Å². The lowest BCUT2D eigenvalue weighted by molar-refractivity contribution is -0.129. The molecule has 2 rings (SSSR count). The van der Waals surface area contributed by atoms with Gasteiger partial charge in [0.2, 0.25) is 5.91 Å². The molecule has 0 aromatic heterocycles. The fourth-order valence-electron chi connectivity index (χ4n) is 2.40. The van der Waals surface area contributed by atoms with Crippen molar-refractivity contribution in [3.63, 3.8) is 0 Å². The number of carbonyl (C=O) groups excluding carboxylic acids is 1. The molecule has 0 spiro atoms. The number of nitrogens with zero attached hydrogens (tertiary/aromatic N) is 1. The molecule has 1 fully saturated rings. The van der Waals surface area contributed by atoms with Crippen LogP contribution in [0, 0.1) is 19.8 Å². The molecule has 1 aliphatic rings. The van der Waals surface area contributed by atoms with E-state index in [1.807, 2.05) is 11.0 Å². The lowest BCUT2D eigenvalue weighted by atomic mass is 10.0. The third-order valence-corrected chi connectivity index (χ3v) is 3.95. The van der Waals surface area contributed by atoms with E-state index in [1.165, 1.54) is 11.1 Å². The highest BCUT2D eigenvalue weighted by Gasteiger charge is 2.29. The number of benzene rings is 1. The molecule has 0 saturated carbocycles. The van der Waals surface area contributed by atoms with E-state index >= 15 is 0 Å². The molecule has 1 aliphatic heterocycles. The summed E-state index contributed by atoms with van der Waals surface area (Å²) < 4.78 is 0. The molecule has 0 aliphatic carbocycles. The van der Waals surface area contributed by atoms with Crippen molar-refractivity contribution in [3.8, 4) is 0 Å². The molecule has 18 heavy (non-hydrogen) atoms. The van der Waals surface area contributed by atoms with Gasteiger partial charge in [-0.1, -0.05) is 25.1 Å². The van der Waals surface area contributed by atoms with Crippen LogP contribution >= 0.6 is 0 Å². The zero-order chi connectivity index (χ0) is 13.3. The molecule has 2 N–H and O–H groups in total. The Kier molecular flexibility index (Phi) is 3.71. The number of hydrogen-bond donors (Lipinski definition) is 1. The van der Waals surface area contributed by atoms with Gasteiger partial charge in [0.1, 0.15) is 0 Å². The summed E-state index contributed by atoms with van der Waals surface area (Å²) in [5, 5.41) is 0. The zero-order valence-electron chi connectivity index (χ0n) is 11.4. The lowest BCUT2D eigenvalue weighted by Crippen LogP contribution is -2.33. The first-order valence-corrected chi connectivity index (χ1v) is 6.57. The zero-order valence-corrected chi connectivity index (χ0v) is 11.4. The van der Waals surface area contributed by atoms with Gasteiger partial charge in [-0.15, -0.1) is 0 Å². The van der Waals surface area contributed by atoms with E-state index in [4.69, 9.17) is 5.73 Å². The monoisotopic (exact) mass is 246 g/mol. The molecule has 3 nitrogen and oxygen atoms in total. The van der Waals surface area contributed by atoms with E-state index in [1.54, 1.807) is 0 Å². The molecule has 0 bridgehead atoms. The van der Waals surface area contributed by atoms with Gasteiger partial charge in [-0.25, -0.2) is 0 Å². The Balaban J connectivity index is 2.01. The van der Waals surface area contributed by atoms with Crippen LogP contribution in [0.4, 0.5) is 0 Å². The van der Waals surface area contributed by atoms with Crippen LogP contribution in [0.2, 0.25) is 0 Å². The van der Waals surface area contributed by atoms with Gasteiger partial charge in [-0.3, -0.25) is 4.79 Å². The molecule has 0 radical (unpaired) electrons. The number of rotatable bonds is 2. The van der Waals surface area contributed by atoms with Crippen molar-refractivity contribution in [1.29, 1.82) is 0 Å². The average molecular weight is 246 g/mol. The van der Waals surface area contributed by atoms with E-state index in [9.17, 15) is 4.79 Å². The van der Waals surface area contributed by atoms with E-state index in [0.29, 0.717) is 18.9 Å². The second kappa shape index (κ2) is 5.11. The molecule has 1 aromatic carbocycles. The van der Waals surface area contributed by atoms with Gasteiger partial charge >= 0.3 is 0 Å². The predicted molar refractivity (Wildman–Crippen MR) is 73.3 cm³/mol. The first kappa shape index (κ1) is 13.1. The number of hydrogen-bond acceptors (Lipinski definition) is 2. The third-order valence-electron chi connectivity index (χ3n) is 3.95. The Hall–Kier alpha value is -1.35. The first-order valence-electron chi connectivity index (χ1n) is 6.57. The minimum Gasteiger partial charge on any atom is -0.341 e. The molecule has 2 unspecified atom stereocenters. The van der Waals surface area contributed by atoms with Crippen LogP contribution in [0.1, 0.15) is 23.6 Å². The van der Waals surface area contributed by atoms with Crippen LogP contribution in [0.5, 0.6) is 0 Å². The second-order valence-corrected chi connectivity index (χ2v) is 5.54. The summed E-state index contributed by atoms with van der Waals surface area (Å²) in [5.41, 5.74) is 9.55. The Morgan fingerprint density at radius 2 is 2.06 bits per heavy atom. The predicted octanol–water partition coefficient (Wildman–Crippen LogP) is 1.65. The summed E-state index contributed by atoms with van der Waals surface area (Å²) >= 11 is 0. The number of amides is 1. The van der Waals surface area contributed by atoms with Crippen LogP contribution < -0.4 is 5.73 Å². The van der Waals surface area contributed by atoms with Crippen LogP contribution in [-0.4, -0.2) is 29.9 Å². The maximum atomic E-state index is 12.2. The fraction of sp³-hybridized carbons (Fsp3) is 0.533. The van der Waals surface area contributed by atoms with Crippen molar-refractivity contribution in [2.45, 2.75) is 33.2 Å². The molecule has 1 aromatic rings. The van der Waals surface area contributed by atoms with E-state index in [2.05, 4.69) is 32.9 Å². The topological polar surface area (TPSA) is 46.3 Å². The molecule has 98 valence electrons. The third kappa shape index (κ3) is 2.72. The molecule has 1 heterocycles. The minimum atomic E-state index is 0.133. The minimum absolute atomic E-state index is 0.133. The van der Waals surface area contributed by atoms with Gasteiger partial charge in [0.25, 0.3) is 0 Å². The van der Waals surface area contributed by atoms with Gasteiger partial charge in [-0.05, 0) is 36.5 Å². The van der Waals surface area contributed by atoms with E-state index < -0.39 is 0 Å². The summed E-state index contributed by atoms with van der Waals surface area (Å²) in [6.45, 7) is 7.77. The van der Waals surface area contributed by atoms with Crippen LogP contribution in [-0.2, 0) is 11.2 Å². The summed E-state index contributed by atoms with van der Waals surface area (Å²) in [6.07, 6.45) is 0.487. The smallest absolute Gasteiger partial charge is 0.227 e. The van der Waals surface area contributed by atoms with Crippen molar-refractivity contribution < 1.29 is 4.79 Å². The Morgan fingerprint density at radius 1 is 1.33 bits per heavy atom. The van der Waals surface area contributed by atoms with Crippen molar-refractivity contribution >= 4 is 5.91 Å². The van der Waals surface area contributed by atoms with Crippen LogP contribution in [0.25, 0.3) is 0 Å². The van der Waals surface area contributed by atoms with Crippen LogP contribution in [0.15, 0.2) is 18.2 Å². The number of nitrogens with two attached hydrogens (primary N) is 1. The van der Waals surface area contributed by atoms with Gasteiger partial charge in [-0.2, -0.15) is 0 Å². The standard InChI is InChI=1S/C15H22N2O/c1-10-4-5-13(6-11(10)2)7-15(18)17-8-12(3)14(16)9-17/h4-6,12,14H,7-9,16H2,1-3H3. The summed E-state index contributed by atoms with van der Waals surface area (Å²) in [7, 11) is 0. The first-order chi connectivity index (χ1) is 8.47.